The van der Waals surface area contributed by atoms with Crippen LogP contribution in [0.4, 0.5) is 0 Å². The smallest absolute Gasteiger partial charge is 0.331 e. The number of hydrogen-bond donors (Lipinski definition) is 1. The quantitative estimate of drug-likeness (QED) is 0.792. The summed E-state index contributed by atoms with van der Waals surface area (Å²) in [5.74, 6) is -1.04. The molecule has 1 unspecified atom stereocenters. The molecule has 2 aromatic heterocycles. The maximum atomic E-state index is 12.0. The molecular formula is C11H13N3O4. The molecule has 0 saturated carbocycles. The first-order valence-electron chi connectivity index (χ1n) is 5.35. The maximum absolute atomic E-state index is 12.0. The van der Waals surface area contributed by atoms with Gasteiger partial charge in [0.1, 0.15) is 11.6 Å². The number of fused-ring (bicyclic) bond motifs is 1. The van der Waals surface area contributed by atoms with Crippen LogP contribution >= 0.6 is 0 Å². The topological polar surface area (TPSA) is 86.2 Å². The van der Waals surface area contributed by atoms with Gasteiger partial charge in [0.25, 0.3) is 5.56 Å². The van der Waals surface area contributed by atoms with Crippen LogP contribution in [-0.4, -0.2) is 24.8 Å². The van der Waals surface area contributed by atoms with Gasteiger partial charge in [-0.05, 0) is 13.0 Å². The van der Waals surface area contributed by atoms with E-state index in [1.165, 1.54) is 29.3 Å². The van der Waals surface area contributed by atoms with E-state index in [0.29, 0.717) is 5.52 Å². The molecular weight excluding hydrogens is 238 g/mol. The van der Waals surface area contributed by atoms with E-state index in [4.69, 9.17) is 5.11 Å². The number of hydrogen-bond acceptors (Lipinski definition) is 3. The first kappa shape index (κ1) is 12.2. The number of aryl methyl sites for hydroxylation is 1. The summed E-state index contributed by atoms with van der Waals surface area (Å²) in [5.41, 5.74) is -0.287. The van der Waals surface area contributed by atoms with Crippen molar-refractivity contribution in [3.05, 3.63) is 33.1 Å². The molecule has 0 amide bonds. The van der Waals surface area contributed by atoms with Gasteiger partial charge in [-0.1, -0.05) is 0 Å². The van der Waals surface area contributed by atoms with Gasteiger partial charge in [-0.2, -0.15) is 0 Å². The Morgan fingerprint density at radius 1 is 1.28 bits per heavy atom. The largest absolute Gasteiger partial charge is 0.480 e. The number of carboxylic acids is 1. The Morgan fingerprint density at radius 2 is 1.89 bits per heavy atom. The van der Waals surface area contributed by atoms with Crippen LogP contribution < -0.4 is 11.2 Å². The second-order valence-electron chi connectivity index (χ2n) is 4.18. The van der Waals surface area contributed by atoms with E-state index in [2.05, 4.69) is 0 Å². The van der Waals surface area contributed by atoms with Crippen LogP contribution in [-0.2, 0) is 18.9 Å². The lowest BCUT2D eigenvalue weighted by Crippen LogP contribution is -2.37. The van der Waals surface area contributed by atoms with Crippen LogP contribution in [0.25, 0.3) is 11.0 Å². The summed E-state index contributed by atoms with van der Waals surface area (Å²) >= 11 is 0. The number of aliphatic carboxylic acids is 1. The summed E-state index contributed by atoms with van der Waals surface area (Å²) in [5, 5.41) is 9.00. The third kappa shape index (κ3) is 1.47. The molecule has 2 rings (SSSR count). The molecule has 0 fully saturated rings. The van der Waals surface area contributed by atoms with Gasteiger partial charge in [0.15, 0.2) is 0 Å². The minimum Gasteiger partial charge on any atom is -0.480 e. The average Bonchev–Trinajstić information content (AvgIpc) is 2.77. The Labute approximate surface area is 101 Å². The minimum atomic E-state index is -1.04. The van der Waals surface area contributed by atoms with E-state index in [1.54, 1.807) is 13.1 Å². The molecule has 1 atom stereocenters. The van der Waals surface area contributed by atoms with E-state index in [9.17, 15) is 14.4 Å². The fourth-order valence-corrected chi connectivity index (χ4v) is 1.94. The van der Waals surface area contributed by atoms with Gasteiger partial charge in [-0.15, -0.1) is 0 Å². The van der Waals surface area contributed by atoms with Crippen molar-refractivity contribution < 1.29 is 9.90 Å². The van der Waals surface area contributed by atoms with E-state index in [-0.39, 0.29) is 5.52 Å². The van der Waals surface area contributed by atoms with Crippen molar-refractivity contribution in [2.75, 3.05) is 0 Å². The van der Waals surface area contributed by atoms with Crippen LogP contribution in [0.3, 0.4) is 0 Å². The minimum absolute atomic E-state index is 0.217. The van der Waals surface area contributed by atoms with Crippen molar-refractivity contribution >= 4 is 17.0 Å². The summed E-state index contributed by atoms with van der Waals surface area (Å²) in [6, 6.07) is 0.699. The Bertz CT molecular complexity index is 750. The molecule has 96 valence electrons. The summed E-state index contributed by atoms with van der Waals surface area (Å²) < 4.78 is 3.65. The Balaban J connectivity index is 2.95. The predicted octanol–water partition coefficient (Wildman–Crippen LogP) is -0.316. The van der Waals surface area contributed by atoms with Gasteiger partial charge < -0.3 is 9.67 Å². The number of carbonyl (C=O) groups is 1. The molecule has 0 spiro atoms. The van der Waals surface area contributed by atoms with Crippen LogP contribution in [0.1, 0.15) is 13.0 Å². The average molecular weight is 251 g/mol. The molecule has 0 saturated heterocycles. The van der Waals surface area contributed by atoms with Crippen molar-refractivity contribution in [2.24, 2.45) is 14.1 Å². The standard InChI is InChI=1S/C11H13N3O4/c1-6(10(16)17)14-5-4-7-8(14)9(15)13(3)11(18)12(7)2/h4-6H,1-3H3,(H,16,17). The zero-order valence-corrected chi connectivity index (χ0v) is 10.2. The molecule has 7 nitrogen and oxygen atoms in total. The van der Waals surface area contributed by atoms with Gasteiger partial charge >= 0.3 is 11.7 Å². The zero-order valence-electron chi connectivity index (χ0n) is 10.2. The molecule has 7 heteroatoms. The lowest BCUT2D eigenvalue weighted by molar-refractivity contribution is -0.140. The molecule has 0 radical (unpaired) electrons. The van der Waals surface area contributed by atoms with Gasteiger partial charge in [0.2, 0.25) is 0 Å². The molecule has 0 aliphatic carbocycles. The highest BCUT2D eigenvalue weighted by Gasteiger charge is 2.19. The number of nitrogens with zero attached hydrogens (tertiary/aromatic N) is 3. The highest BCUT2D eigenvalue weighted by molar-refractivity contribution is 5.79. The highest BCUT2D eigenvalue weighted by atomic mass is 16.4. The third-order valence-corrected chi connectivity index (χ3v) is 3.11. The lowest BCUT2D eigenvalue weighted by Gasteiger charge is -2.11. The normalized spacial score (nSPS) is 12.8. The summed E-state index contributed by atoms with van der Waals surface area (Å²) in [6.07, 6.45) is 1.50. The molecule has 1 N–H and O–H groups in total. The number of aromatic nitrogens is 3. The van der Waals surface area contributed by atoms with Crippen LogP contribution in [0.5, 0.6) is 0 Å². The molecule has 0 aliphatic rings. The monoisotopic (exact) mass is 251 g/mol. The van der Waals surface area contributed by atoms with E-state index >= 15 is 0 Å². The summed E-state index contributed by atoms with van der Waals surface area (Å²) in [4.78, 5) is 34.8. The summed E-state index contributed by atoms with van der Waals surface area (Å²) in [7, 11) is 2.91. The van der Waals surface area contributed by atoms with Crippen molar-refractivity contribution in [3.8, 4) is 0 Å². The van der Waals surface area contributed by atoms with Crippen LogP contribution in [0.2, 0.25) is 0 Å². The molecule has 2 heterocycles. The second kappa shape index (κ2) is 3.86. The van der Waals surface area contributed by atoms with E-state index in [0.717, 1.165) is 4.57 Å². The highest BCUT2D eigenvalue weighted by Crippen LogP contribution is 2.15. The maximum Gasteiger partial charge on any atom is 0.331 e. The van der Waals surface area contributed by atoms with E-state index in [1.807, 2.05) is 0 Å². The molecule has 2 aromatic rings. The molecule has 0 aromatic carbocycles. The summed E-state index contributed by atoms with van der Waals surface area (Å²) in [6.45, 7) is 1.48. The Morgan fingerprint density at radius 3 is 2.44 bits per heavy atom. The van der Waals surface area contributed by atoms with Gasteiger partial charge in [-0.3, -0.25) is 13.9 Å². The van der Waals surface area contributed by atoms with E-state index < -0.39 is 23.3 Å². The lowest BCUT2D eigenvalue weighted by atomic mass is 10.3. The predicted molar refractivity (Wildman–Crippen MR) is 64.8 cm³/mol. The first-order valence-corrected chi connectivity index (χ1v) is 5.35. The second-order valence-corrected chi connectivity index (χ2v) is 4.18. The van der Waals surface area contributed by atoms with Crippen LogP contribution in [0.15, 0.2) is 21.9 Å². The Hall–Kier alpha value is -2.31. The fourth-order valence-electron chi connectivity index (χ4n) is 1.94. The number of rotatable bonds is 2. The SMILES string of the molecule is CC(C(=O)O)n1ccc2c1c(=O)n(C)c(=O)n2C. The van der Waals surface area contributed by atoms with Crippen molar-refractivity contribution in [3.63, 3.8) is 0 Å². The first-order chi connectivity index (χ1) is 8.36. The van der Waals surface area contributed by atoms with Gasteiger partial charge in [0.05, 0.1) is 5.52 Å². The van der Waals surface area contributed by atoms with Crippen molar-refractivity contribution in [2.45, 2.75) is 13.0 Å². The van der Waals surface area contributed by atoms with Gasteiger partial charge in [0, 0.05) is 20.3 Å². The van der Waals surface area contributed by atoms with Crippen molar-refractivity contribution in [1.82, 2.24) is 13.7 Å². The van der Waals surface area contributed by atoms with Crippen molar-refractivity contribution in [1.29, 1.82) is 0 Å². The van der Waals surface area contributed by atoms with Crippen LogP contribution in [0, 0.1) is 0 Å². The molecule has 0 aliphatic heterocycles. The fraction of sp³-hybridized carbons (Fsp3) is 0.364. The number of carboxylic acid groups (broad SMARTS) is 1. The molecule has 0 bridgehead atoms. The Kier molecular flexibility index (Phi) is 2.61. The molecule has 18 heavy (non-hydrogen) atoms. The van der Waals surface area contributed by atoms with Gasteiger partial charge in [-0.25, -0.2) is 9.59 Å². The zero-order chi connectivity index (χ0) is 13.6. The third-order valence-electron chi connectivity index (χ3n) is 3.11.